The summed E-state index contributed by atoms with van der Waals surface area (Å²) in [6, 6.07) is 19.5. The van der Waals surface area contributed by atoms with E-state index in [1.807, 2.05) is 54.6 Å². The normalized spacial score (nSPS) is 10.7. The minimum absolute atomic E-state index is 0.0806. The molecule has 0 unspecified atom stereocenters. The lowest BCUT2D eigenvalue weighted by molar-refractivity contribution is -0.384. The van der Waals surface area contributed by atoms with Gasteiger partial charge in [-0.1, -0.05) is 30.3 Å². The molecule has 0 aliphatic rings. The third kappa shape index (κ3) is 4.50. The van der Waals surface area contributed by atoms with Gasteiger partial charge in [0.1, 0.15) is 36.2 Å². The number of rotatable bonds is 7. The molecule has 3 aromatic carbocycles. The molecular weight excluding hydrogens is 403 g/mol. The van der Waals surface area contributed by atoms with Crippen LogP contribution in [0.2, 0.25) is 0 Å². The van der Waals surface area contributed by atoms with Crippen LogP contribution >= 0.6 is 0 Å². The number of nitrogens with zero attached hydrogens (tertiary/aromatic N) is 3. The van der Waals surface area contributed by atoms with Gasteiger partial charge in [-0.3, -0.25) is 14.9 Å². The molecule has 0 aliphatic heterocycles. The minimum Gasteiger partial charge on any atom is -0.486 e. The summed E-state index contributed by atoms with van der Waals surface area (Å²) in [7, 11) is 0. The standard InChI is InChI=1S/C22H17FN4O4/c23-15-10-11-18(20(12-15)27(29)30)25-22(28)13-26-19-9-5-4-8-17(19)24-21(26)14-31-16-6-2-1-3-7-16/h1-12H,13-14H2,(H,25,28). The van der Waals surface area contributed by atoms with E-state index in [2.05, 4.69) is 10.3 Å². The zero-order chi connectivity index (χ0) is 21.8. The molecule has 31 heavy (non-hydrogen) atoms. The Labute approximate surface area is 176 Å². The quantitative estimate of drug-likeness (QED) is 0.355. The third-order valence-corrected chi connectivity index (χ3v) is 4.58. The topological polar surface area (TPSA) is 99.3 Å². The molecule has 4 aromatic rings. The van der Waals surface area contributed by atoms with E-state index in [1.165, 1.54) is 0 Å². The fourth-order valence-corrected chi connectivity index (χ4v) is 3.17. The van der Waals surface area contributed by atoms with Gasteiger partial charge in [0.2, 0.25) is 5.91 Å². The number of nitrogens with one attached hydrogen (secondary N) is 1. The van der Waals surface area contributed by atoms with Crippen LogP contribution in [-0.2, 0) is 17.9 Å². The maximum absolute atomic E-state index is 13.4. The predicted molar refractivity (Wildman–Crippen MR) is 112 cm³/mol. The fourth-order valence-electron chi connectivity index (χ4n) is 3.17. The number of halogens is 1. The fraction of sp³-hybridized carbons (Fsp3) is 0.0909. The first-order valence-electron chi connectivity index (χ1n) is 9.37. The highest BCUT2D eigenvalue weighted by molar-refractivity contribution is 5.93. The Morgan fingerprint density at radius 3 is 2.61 bits per heavy atom. The summed E-state index contributed by atoms with van der Waals surface area (Å²) in [6.07, 6.45) is 0. The molecule has 0 spiro atoms. The van der Waals surface area contributed by atoms with E-state index in [1.54, 1.807) is 4.57 Å². The molecule has 156 valence electrons. The van der Waals surface area contributed by atoms with Crippen LogP contribution < -0.4 is 10.1 Å². The molecule has 0 saturated heterocycles. The highest BCUT2D eigenvalue weighted by Gasteiger charge is 2.19. The summed E-state index contributed by atoms with van der Waals surface area (Å²) in [6.45, 7) is -0.0226. The second-order valence-electron chi connectivity index (χ2n) is 6.67. The number of nitro groups is 1. The Bertz CT molecular complexity index is 1260. The average molecular weight is 420 g/mol. The number of para-hydroxylation sites is 3. The van der Waals surface area contributed by atoms with E-state index in [-0.39, 0.29) is 18.8 Å². The molecule has 0 aliphatic carbocycles. The van der Waals surface area contributed by atoms with Gasteiger partial charge in [-0.2, -0.15) is 0 Å². The summed E-state index contributed by atoms with van der Waals surface area (Å²) in [5.74, 6) is -0.0919. The summed E-state index contributed by atoms with van der Waals surface area (Å²) in [4.78, 5) is 27.7. The van der Waals surface area contributed by atoms with Gasteiger partial charge < -0.3 is 14.6 Å². The second-order valence-corrected chi connectivity index (χ2v) is 6.67. The maximum atomic E-state index is 13.4. The molecule has 0 saturated carbocycles. The molecule has 0 bridgehead atoms. The van der Waals surface area contributed by atoms with Gasteiger partial charge in [0.15, 0.2) is 0 Å². The van der Waals surface area contributed by atoms with Crippen LogP contribution in [0.4, 0.5) is 15.8 Å². The molecule has 1 aromatic heterocycles. The van der Waals surface area contributed by atoms with Gasteiger partial charge in [0.05, 0.1) is 22.0 Å². The summed E-state index contributed by atoms with van der Waals surface area (Å²) in [5, 5.41) is 13.7. The van der Waals surface area contributed by atoms with Crippen LogP contribution in [0.15, 0.2) is 72.8 Å². The van der Waals surface area contributed by atoms with E-state index in [9.17, 15) is 19.3 Å². The van der Waals surface area contributed by atoms with Crippen molar-refractivity contribution in [1.29, 1.82) is 0 Å². The average Bonchev–Trinajstić information content (AvgIpc) is 3.11. The lowest BCUT2D eigenvalue weighted by Crippen LogP contribution is -2.21. The Balaban J connectivity index is 1.59. The maximum Gasteiger partial charge on any atom is 0.295 e. The molecule has 0 radical (unpaired) electrons. The SMILES string of the molecule is O=C(Cn1c(COc2ccccc2)nc2ccccc21)Nc1ccc(F)cc1[N+](=O)[O-]. The van der Waals surface area contributed by atoms with Crippen molar-refractivity contribution in [3.8, 4) is 5.75 Å². The van der Waals surface area contributed by atoms with Crippen LogP contribution in [0.5, 0.6) is 5.75 Å². The molecule has 0 atom stereocenters. The zero-order valence-electron chi connectivity index (χ0n) is 16.2. The second kappa shape index (κ2) is 8.62. The number of aromatic nitrogens is 2. The molecule has 1 N–H and O–H groups in total. The monoisotopic (exact) mass is 420 g/mol. The van der Waals surface area contributed by atoms with Crippen molar-refractivity contribution in [2.75, 3.05) is 5.32 Å². The molecule has 8 nitrogen and oxygen atoms in total. The Hall–Kier alpha value is -4.27. The molecule has 1 heterocycles. The minimum atomic E-state index is -0.759. The number of benzene rings is 3. The van der Waals surface area contributed by atoms with Crippen LogP contribution in [0.25, 0.3) is 11.0 Å². The van der Waals surface area contributed by atoms with Crippen molar-refractivity contribution >= 4 is 28.3 Å². The van der Waals surface area contributed by atoms with E-state index < -0.39 is 22.3 Å². The molecule has 9 heteroatoms. The van der Waals surface area contributed by atoms with Crippen molar-refractivity contribution in [2.45, 2.75) is 13.2 Å². The number of anilines is 1. The number of hydrogen-bond donors (Lipinski definition) is 1. The smallest absolute Gasteiger partial charge is 0.295 e. The van der Waals surface area contributed by atoms with Gasteiger partial charge in [0.25, 0.3) is 5.69 Å². The van der Waals surface area contributed by atoms with Crippen molar-refractivity contribution < 1.29 is 18.8 Å². The Morgan fingerprint density at radius 1 is 1.10 bits per heavy atom. The van der Waals surface area contributed by atoms with Crippen LogP contribution in [0.1, 0.15) is 5.82 Å². The summed E-state index contributed by atoms with van der Waals surface area (Å²) < 4.78 is 20.8. The summed E-state index contributed by atoms with van der Waals surface area (Å²) in [5.41, 5.74) is 0.812. The molecule has 0 fully saturated rings. The highest BCUT2D eigenvalue weighted by atomic mass is 19.1. The van der Waals surface area contributed by atoms with Crippen molar-refractivity contribution in [3.05, 3.63) is 94.6 Å². The van der Waals surface area contributed by atoms with Crippen LogP contribution in [-0.4, -0.2) is 20.4 Å². The Morgan fingerprint density at radius 2 is 1.84 bits per heavy atom. The number of carbonyl (C=O) groups is 1. The van der Waals surface area contributed by atoms with E-state index in [4.69, 9.17) is 4.74 Å². The molecule has 1 amide bonds. The first kappa shape index (κ1) is 20.0. The number of fused-ring (bicyclic) bond motifs is 1. The number of ether oxygens (including phenoxy) is 1. The summed E-state index contributed by atoms with van der Waals surface area (Å²) >= 11 is 0. The van der Waals surface area contributed by atoms with Crippen molar-refractivity contribution in [3.63, 3.8) is 0 Å². The molecular formula is C22H17FN4O4. The van der Waals surface area contributed by atoms with Gasteiger partial charge in [-0.25, -0.2) is 9.37 Å². The largest absolute Gasteiger partial charge is 0.486 e. The lowest BCUT2D eigenvalue weighted by atomic mass is 10.2. The van der Waals surface area contributed by atoms with Crippen LogP contribution in [0.3, 0.4) is 0 Å². The van der Waals surface area contributed by atoms with Crippen molar-refractivity contribution in [1.82, 2.24) is 9.55 Å². The Kier molecular flexibility index (Phi) is 5.57. The number of amides is 1. The highest BCUT2D eigenvalue weighted by Crippen LogP contribution is 2.25. The predicted octanol–water partition coefficient (Wildman–Crippen LogP) is 4.30. The first-order chi connectivity index (χ1) is 15.0. The number of imidazole rings is 1. The van der Waals surface area contributed by atoms with Gasteiger partial charge >= 0.3 is 0 Å². The first-order valence-corrected chi connectivity index (χ1v) is 9.37. The third-order valence-electron chi connectivity index (χ3n) is 4.58. The van der Waals surface area contributed by atoms with Gasteiger partial charge in [-0.05, 0) is 36.4 Å². The van der Waals surface area contributed by atoms with Crippen LogP contribution in [0, 0.1) is 15.9 Å². The lowest BCUT2D eigenvalue weighted by Gasteiger charge is -2.11. The number of carbonyl (C=O) groups excluding carboxylic acids is 1. The van der Waals surface area contributed by atoms with E-state index >= 15 is 0 Å². The van der Waals surface area contributed by atoms with E-state index in [0.717, 1.165) is 23.7 Å². The zero-order valence-corrected chi connectivity index (χ0v) is 16.2. The van der Waals surface area contributed by atoms with E-state index in [0.29, 0.717) is 17.1 Å². The van der Waals surface area contributed by atoms with Gasteiger partial charge in [0, 0.05) is 0 Å². The number of nitro benzene ring substituents is 1. The van der Waals surface area contributed by atoms with Gasteiger partial charge in [-0.15, -0.1) is 0 Å². The number of hydrogen-bond acceptors (Lipinski definition) is 5. The molecule has 4 rings (SSSR count). The van der Waals surface area contributed by atoms with Crippen molar-refractivity contribution in [2.24, 2.45) is 0 Å².